The van der Waals surface area contributed by atoms with E-state index in [2.05, 4.69) is 15.0 Å². The molecular formula is C8H7ClN4O. The molecule has 0 fully saturated rings. The lowest BCUT2D eigenvalue weighted by Gasteiger charge is -1.98. The van der Waals surface area contributed by atoms with Crippen molar-refractivity contribution in [2.24, 2.45) is 0 Å². The Labute approximate surface area is 84.8 Å². The molecule has 0 aliphatic heterocycles. The Kier molecular flexibility index (Phi) is 2.41. The predicted molar refractivity (Wildman–Crippen MR) is 51.0 cm³/mol. The van der Waals surface area contributed by atoms with Gasteiger partial charge in [0.2, 0.25) is 0 Å². The summed E-state index contributed by atoms with van der Waals surface area (Å²) in [6.07, 6.45) is 4.28. The predicted octanol–water partition coefficient (Wildman–Crippen LogP) is 1.07. The van der Waals surface area contributed by atoms with E-state index >= 15 is 0 Å². The Hall–Kier alpha value is -1.49. The summed E-state index contributed by atoms with van der Waals surface area (Å²) in [5.41, 5.74) is 1.23. The van der Waals surface area contributed by atoms with E-state index in [1.807, 2.05) is 0 Å². The summed E-state index contributed by atoms with van der Waals surface area (Å²) in [5.74, 6) is 0. The molecule has 0 N–H and O–H groups in total. The summed E-state index contributed by atoms with van der Waals surface area (Å²) >= 11 is 5.81. The third kappa shape index (κ3) is 1.46. The summed E-state index contributed by atoms with van der Waals surface area (Å²) < 4.78 is 1.78. The molecule has 2 rings (SSSR count). The fraction of sp³-hybridized carbons (Fsp3) is 0.250. The molecule has 0 saturated heterocycles. The van der Waals surface area contributed by atoms with Gasteiger partial charge >= 0.3 is 0 Å². The first-order chi connectivity index (χ1) is 6.83. The van der Waals surface area contributed by atoms with Crippen LogP contribution in [0, 0.1) is 0 Å². The van der Waals surface area contributed by atoms with E-state index in [1.54, 1.807) is 10.9 Å². The highest BCUT2D eigenvalue weighted by molar-refractivity contribution is 6.33. The molecule has 0 aliphatic carbocycles. The molecule has 2 aromatic rings. The summed E-state index contributed by atoms with van der Waals surface area (Å²) in [7, 11) is 0. The van der Waals surface area contributed by atoms with Gasteiger partial charge in [-0.15, -0.1) is 0 Å². The maximum atomic E-state index is 10.2. The van der Waals surface area contributed by atoms with E-state index in [1.165, 1.54) is 6.33 Å². The molecule has 5 nitrogen and oxygen atoms in total. The van der Waals surface area contributed by atoms with Gasteiger partial charge in [-0.25, -0.2) is 15.0 Å². The van der Waals surface area contributed by atoms with Crippen LogP contribution in [0.15, 0.2) is 12.7 Å². The van der Waals surface area contributed by atoms with Crippen molar-refractivity contribution in [1.82, 2.24) is 19.5 Å². The number of hydrogen-bond donors (Lipinski definition) is 0. The zero-order chi connectivity index (χ0) is 9.97. The first-order valence-corrected chi connectivity index (χ1v) is 4.45. The smallest absolute Gasteiger partial charge is 0.164 e. The minimum absolute atomic E-state index is 0.333. The van der Waals surface area contributed by atoms with Gasteiger partial charge in [-0.05, 0) is 0 Å². The van der Waals surface area contributed by atoms with Gasteiger partial charge in [0.05, 0.1) is 6.33 Å². The van der Waals surface area contributed by atoms with Crippen molar-refractivity contribution in [2.75, 3.05) is 0 Å². The van der Waals surface area contributed by atoms with Crippen LogP contribution in [0.5, 0.6) is 0 Å². The average molecular weight is 211 g/mol. The van der Waals surface area contributed by atoms with Crippen LogP contribution in [0.1, 0.15) is 6.42 Å². The van der Waals surface area contributed by atoms with Gasteiger partial charge in [0.1, 0.15) is 18.1 Å². The number of aldehydes is 1. The summed E-state index contributed by atoms with van der Waals surface area (Å²) in [6.45, 7) is 0.563. The molecular weight excluding hydrogens is 204 g/mol. The van der Waals surface area contributed by atoms with Crippen LogP contribution < -0.4 is 0 Å². The minimum Gasteiger partial charge on any atom is -0.315 e. The second kappa shape index (κ2) is 3.71. The number of nitrogens with zero attached hydrogens (tertiary/aromatic N) is 4. The van der Waals surface area contributed by atoms with E-state index in [0.29, 0.717) is 29.3 Å². The third-order valence-corrected chi connectivity index (χ3v) is 2.12. The fourth-order valence-electron chi connectivity index (χ4n) is 1.21. The Morgan fingerprint density at radius 2 is 2.29 bits per heavy atom. The van der Waals surface area contributed by atoms with Crippen molar-refractivity contribution in [1.29, 1.82) is 0 Å². The van der Waals surface area contributed by atoms with E-state index in [9.17, 15) is 4.79 Å². The quantitative estimate of drug-likeness (QED) is 0.562. The van der Waals surface area contributed by atoms with Crippen LogP contribution in [0.3, 0.4) is 0 Å². The molecule has 0 bridgehead atoms. The van der Waals surface area contributed by atoms with Gasteiger partial charge in [-0.3, -0.25) is 0 Å². The Morgan fingerprint density at radius 1 is 1.43 bits per heavy atom. The van der Waals surface area contributed by atoms with Crippen molar-refractivity contribution in [3.05, 3.63) is 17.8 Å². The molecule has 72 valence electrons. The van der Waals surface area contributed by atoms with Crippen LogP contribution >= 0.6 is 11.6 Å². The molecule has 0 radical (unpaired) electrons. The molecule has 0 saturated carbocycles. The second-order valence-electron chi connectivity index (χ2n) is 2.73. The molecule has 0 aromatic carbocycles. The Balaban J connectivity index is 2.47. The average Bonchev–Trinajstić information content (AvgIpc) is 2.60. The van der Waals surface area contributed by atoms with Crippen LogP contribution in [0.25, 0.3) is 11.2 Å². The van der Waals surface area contributed by atoms with E-state index in [-0.39, 0.29) is 0 Å². The van der Waals surface area contributed by atoms with E-state index < -0.39 is 0 Å². The van der Waals surface area contributed by atoms with Gasteiger partial charge in [0.15, 0.2) is 10.8 Å². The van der Waals surface area contributed by atoms with Crippen molar-refractivity contribution in [2.45, 2.75) is 13.0 Å². The highest BCUT2D eigenvalue weighted by Gasteiger charge is 2.07. The van der Waals surface area contributed by atoms with Gasteiger partial charge in [-0.1, -0.05) is 11.6 Å². The number of aryl methyl sites for hydroxylation is 1. The number of carbonyl (C=O) groups is 1. The van der Waals surface area contributed by atoms with Crippen LogP contribution in [-0.4, -0.2) is 25.8 Å². The molecule has 0 atom stereocenters. The van der Waals surface area contributed by atoms with E-state index in [4.69, 9.17) is 11.6 Å². The third-order valence-electron chi connectivity index (χ3n) is 1.84. The lowest BCUT2D eigenvalue weighted by Crippen LogP contribution is -1.98. The van der Waals surface area contributed by atoms with Crippen molar-refractivity contribution in [3.8, 4) is 0 Å². The Bertz CT molecular complexity index is 467. The SMILES string of the molecule is O=CCCn1cnc2c(Cl)ncnc21. The summed E-state index contributed by atoms with van der Waals surface area (Å²) in [4.78, 5) is 22.1. The number of rotatable bonds is 3. The minimum atomic E-state index is 0.333. The van der Waals surface area contributed by atoms with Crippen LogP contribution in [0.2, 0.25) is 5.15 Å². The number of hydrogen-bond acceptors (Lipinski definition) is 4. The zero-order valence-electron chi connectivity index (χ0n) is 7.22. The van der Waals surface area contributed by atoms with E-state index in [0.717, 1.165) is 6.29 Å². The van der Waals surface area contributed by atoms with Crippen molar-refractivity contribution in [3.63, 3.8) is 0 Å². The summed E-state index contributed by atoms with van der Waals surface area (Å²) in [6, 6.07) is 0. The fourth-order valence-corrected chi connectivity index (χ4v) is 1.38. The first kappa shape index (κ1) is 9.08. The monoisotopic (exact) mass is 210 g/mol. The first-order valence-electron chi connectivity index (χ1n) is 4.08. The zero-order valence-corrected chi connectivity index (χ0v) is 7.98. The molecule has 0 unspecified atom stereocenters. The molecule has 0 amide bonds. The number of imidazole rings is 1. The van der Waals surface area contributed by atoms with Crippen molar-refractivity contribution >= 4 is 29.1 Å². The maximum absolute atomic E-state index is 10.2. The van der Waals surface area contributed by atoms with Gasteiger partial charge in [-0.2, -0.15) is 0 Å². The van der Waals surface area contributed by atoms with Gasteiger partial charge < -0.3 is 9.36 Å². The van der Waals surface area contributed by atoms with Gasteiger partial charge in [0, 0.05) is 13.0 Å². The highest BCUT2D eigenvalue weighted by atomic mass is 35.5. The molecule has 2 heterocycles. The number of carbonyl (C=O) groups excluding carboxylic acids is 1. The maximum Gasteiger partial charge on any atom is 0.164 e. The van der Waals surface area contributed by atoms with Gasteiger partial charge in [0.25, 0.3) is 0 Å². The topological polar surface area (TPSA) is 60.7 Å². The summed E-state index contributed by atoms with van der Waals surface area (Å²) in [5, 5.41) is 0.333. The lowest BCUT2D eigenvalue weighted by molar-refractivity contribution is -0.108. The highest BCUT2D eigenvalue weighted by Crippen LogP contribution is 2.16. The van der Waals surface area contributed by atoms with Crippen LogP contribution in [0.4, 0.5) is 0 Å². The molecule has 14 heavy (non-hydrogen) atoms. The number of aromatic nitrogens is 4. The number of halogens is 1. The normalized spacial score (nSPS) is 10.6. The molecule has 6 heteroatoms. The lowest BCUT2D eigenvalue weighted by atomic mass is 10.4. The molecule has 0 aliphatic rings. The standard InChI is InChI=1S/C8H7ClN4O/c9-7-6-8(11-4-10-7)13(5-12-6)2-1-3-14/h3-5H,1-2H2. The largest absolute Gasteiger partial charge is 0.315 e. The van der Waals surface area contributed by atoms with Crippen LogP contribution in [-0.2, 0) is 11.3 Å². The van der Waals surface area contributed by atoms with Crippen molar-refractivity contribution < 1.29 is 4.79 Å². The molecule has 2 aromatic heterocycles. The Morgan fingerprint density at radius 3 is 3.07 bits per heavy atom. The number of fused-ring (bicyclic) bond motifs is 1. The second-order valence-corrected chi connectivity index (χ2v) is 3.09. The molecule has 0 spiro atoms.